The highest BCUT2D eigenvalue weighted by atomic mass is 16.5. The van der Waals surface area contributed by atoms with Gasteiger partial charge in [-0.3, -0.25) is 4.79 Å². The smallest absolute Gasteiger partial charge is 0.223 e. The van der Waals surface area contributed by atoms with Crippen LogP contribution in [-0.4, -0.2) is 50.2 Å². The molecule has 1 heterocycles. The van der Waals surface area contributed by atoms with E-state index in [9.17, 15) is 4.79 Å². The summed E-state index contributed by atoms with van der Waals surface area (Å²) in [6, 6.07) is 6.26. The third-order valence-electron chi connectivity index (χ3n) is 4.45. The number of methoxy groups -OCH3 is 2. The molecular formula is C17H26N2O3. The van der Waals surface area contributed by atoms with E-state index in [-0.39, 0.29) is 11.9 Å². The van der Waals surface area contributed by atoms with Gasteiger partial charge in [0.05, 0.1) is 14.2 Å². The number of carbonyl (C=O) groups is 1. The molecular weight excluding hydrogens is 280 g/mol. The molecule has 2 unspecified atom stereocenters. The minimum atomic E-state index is 0.200. The fourth-order valence-electron chi connectivity index (χ4n) is 2.87. The molecule has 1 N–H and O–H groups in total. The first-order valence-electron chi connectivity index (χ1n) is 7.80. The molecule has 0 spiro atoms. The van der Waals surface area contributed by atoms with Crippen LogP contribution >= 0.6 is 0 Å². The van der Waals surface area contributed by atoms with Gasteiger partial charge in [-0.15, -0.1) is 0 Å². The lowest BCUT2D eigenvalue weighted by Crippen LogP contribution is -2.57. The average Bonchev–Trinajstić information content (AvgIpc) is 2.54. The first-order chi connectivity index (χ1) is 10.6. The van der Waals surface area contributed by atoms with Crippen molar-refractivity contribution in [2.45, 2.75) is 38.8 Å². The van der Waals surface area contributed by atoms with E-state index in [0.717, 1.165) is 30.2 Å². The van der Waals surface area contributed by atoms with Crippen LogP contribution in [-0.2, 0) is 11.2 Å². The molecule has 2 atom stereocenters. The molecule has 1 saturated heterocycles. The predicted octanol–water partition coefficient (Wildman–Crippen LogP) is 1.85. The number of ether oxygens (including phenoxy) is 2. The summed E-state index contributed by atoms with van der Waals surface area (Å²) in [5.74, 6) is 1.79. The van der Waals surface area contributed by atoms with E-state index in [1.165, 1.54) is 0 Å². The Balaban J connectivity index is 2.01. The minimum absolute atomic E-state index is 0.200. The van der Waals surface area contributed by atoms with E-state index in [1.54, 1.807) is 14.2 Å². The second-order valence-corrected chi connectivity index (χ2v) is 5.75. The third-order valence-corrected chi connectivity index (χ3v) is 4.45. The van der Waals surface area contributed by atoms with Gasteiger partial charge in [0.1, 0.15) is 11.5 Å². The Morgan fingerprint density at radius 3 is 2.77 bits per heavy atom. The SMILES string of the molecule is COc1ccc(OC)c(CCC(=O)N2CCNC(C)C2C)c1. The zero-order chi connectivity index (χ0) is 16.1. The van der Waals surface area contributed by atoms with E-state index >= 15 is 0 Å². The zero-order valence-electron chi connectivity index (χ0n) is 13.9. The molecule has 0 aromatic heterocycles. The van der Waals surface area contributed by atoms with Gasteiger partial charge in [0, 0.05) is 31.6 Å². The first kappa shape index (κ1) is 16.6. The second kappa shape index (κ2) is 7.49. The van der Waals surface area contributed by atoms with Crippen LogP contribution in [0.3, 0.4) is 0 Å². The Morgan fingerprint density at radius 1 is 1.32 bits per heavy atom. The second-order valence-electron chi connectivity index (χ2n) is 5.75. The number of nitrogens with one attached hydrogen (secondary N) is 1. The average molecular weight is 306 g/mol. The Hall–Kier alpha value is -1.75. The maximum atomic E-state index is 12.5. The fraction of sp³-hybridized carbons (Fsp3) is 0.588. The van der Waals surface area contributed by atoms with Gasteiger partial charge in [-0.1, -0.05) is 0 Å². The van der Waals surface area contributed by atoms with Crippen molar-refractivity contribution in [3.8, 4) is 11.5 Å². The van der Waals surface area contributed by atoms with Gasteiger partial charge in [0.15, 0.2) is 0 Å². The van der Waals surface area contributed by atoms with Gasteiger partial charge in [0.2, 0.25) is 5.91 Å². The van der Waals surface area contributed by atoms with E-state index in [0.29, 0.717) is 18.9 Å². The monoisotopic (exact) mass is 306 g/mol. The van der Waals surface area contributed by atoms with Gasteiger partial charge in [-0.05, 0) is 44.0 Å². The molecule has 1 aromatic carbocycles. The predicted molar refractivity (Wildman–Crippen MR) is 86.5 cm³/mol. The summed E-state index contributed by atoms with van der Waals surface area (Å²) in [5, 5.41) is 3.39. The maximum Gasteiger partial charge on any atom is 0.223 e. The van der Waals surface area contributed by atoms with Crippen molar-refractivity contribution in [1.82, 2.24) is 10.2 Å². The largest absolute Gasteiger partial charge is 0.497 e. The third kappa shape index (κ3) is 3.71. The summed E-state index contributed by atoms with van der Waals surface area (Å²) in [6.07, 6.45) is 1.14. The van der Waals surface area contributed by atoms with Crippen LogP contribution in [0.25, 0.3) is 0 Å². The van der Waals surface area contributed by atoms with Gasteiger partial charge >= 0.3 is 0 Å². The molecule has 122 valence electrons. The number of hydrogen-bond donors (Lipinski definition) is 1. The van der Waals surface area contributed by atoms with Crippen molar-refractivity contribution in [3.63, 3.8) is 0 Å². The van der Waals surface area contributed by atoms with Gasteiger partial charge in [0.25, 0.3) is 0 Å². The first-order valence-corrected chi connectivity index (χ1v) is 7.80. The summed E-state index contributed by atoms with van der Waals surface area (Å²) in [6.45, 7) is 5.86. The lowest BCUT2D eigenvalue weighted by molar-refractivity contribution is -0.134. The molecule has 1 fully saturated rings. The number of aryl methyl sites for hydroxylation is 1. The normalized spacial score (nSPS) is 21.5. The minimum Gasteiger partial charge on any atom is -0.497 e. The summed E-state index contributed by atoms with van der Waals surface area (Å²) in [5.41, 5.74) is 1.01. The van der Waals surface area contributed by atoms with E-state index in [1.807, 2.05) is 23.1 Å². The number of hydrogen-bond acceptors (Lipinski definition) is 4. The fourth-order valence-corrected chi connectivity index (χ4v) is 2.87. The number of rotatable bonds is 5. The quantitative estimate of drug-likeness (QED) is 0.902. The molecule has 0 saturated carbocycles. The van der Waals surface area contributed by atoms with Gasteiger partial charge < -0.3 is 19.7 Å². The van der Waals surface area contributed by atoms with Gasteiger partial charge in [-0.2, -0.15) is 0 Å². The molecule has 5 nitrogen and oxygen atoms in total. The standard InChI is InChI=1S/C17H26N2O3/c1-12-13(2)19(10-9-18-12)17(20)8-5-14-11-15(21-3)6-7-16(14)22-4/h6-7,11-13,18H,5,8-10H2,1-4H3. The van der Waals surface area contributed by atoms with Crippen molar-refractivity contribution in [2.75, 3.05) is 27.3 Å². The lowest BCUT2D eigenvalue weighted by Gasteiger charge is -2.38. The van der Waals surface area contributed by atoms with Crippen LogP contribution < -0.4 is 14.8 Å². The van der Waals surface area contributed by atoms with Crippen molar-refractivity contribution >= 4 is 5.91 Å². The highest BCUT2D eigenvalue weighted by Gasteiger charge is 2.27. The number of piperazine rings is 1. The summed E-state index contributed by atoms with van der Waals surface area (Å²) in [4.78, 5) is 14.5. The number of nitrogens with zero attached hydrogens (tertiary/aromatic N) is 1. The van der Waals surface area contributed by atoms with E-state index < -0.39 is 0 Å². The van der Waals surface area contributed by atoms with Crippen LogP contribution in [0.4, 0.5) is 0 Å². The Labute approximate surface area is 132 Å². The van der Waals surface area contributed by atoms with Crippen LogP contribution in [0, 0.1) is 0 Å². The van der Waals surface area contributed by atoms with Crippen molar-refractivity contribution in [3.05, 3.63) is 23.8 Å². The molecule has 0 radical (unpaired) electrons. The van der Waals surface area contributed by atoms with Crippen molar-refractivity contribution in [2.24, 2.45) is 0 Å². The van der Waals surface area contributed by atoms with E-state index in [4.69, 9.17) is 9.47 Å². The molecule has 1 aromatic rings. The van der Waals surface area contributed by atoms with Crippen molar-refractivity contribution < 1.29 is 14.3 Å². The van der Waals surface area contributed by atoms with Crippen LogP contribution in [0.1, 0.15) is 25.8 Å². The summed E-state index contributed by atoms with van der Waals surface area (Å²) >= 11 is 0. The Morgan fingerprint density at radius 2 is 2.09 bits per heavy atom. The molecule has 0 bridgehead atoms. The van der Waals surface area contributed by atoms with Crippen molar-refractivity contribution in [1.29, 1.82) is 0 Å². The molecule has 22 heavy (non-hydrogen) atoms. The molecule has 1 aliphatic heterocycles. The number of amides is 1. The van der Waals surface area contributed by atoms with Crippen LogP contribution in [0.2, 0.25) is 0 Å². The highest BCUT2D eigenvalue weighted by Crippen LogP contribution is 2.25. The Kier molecular flexibility index (Phi) is 5.66. The molecule has 5 heteroatoms. The van der Waals surface area contributed by atoms with Crippen LogP contribution in [0.5, 0.6) is 11.5 Å². The summed E-state index contributed by atoms with van der Waals surface area (Å²) < 4.78 is 10.6. The van der Waals surface area contributed by atoms with E-state index in [2.05, 4.69) is 19.2 Å². The number of carbonyl (C=O) groups excluding carboxylic acids is 1. The van der Waals surface area contributed by atoms with Gasteiger partial charge in [-0.25, -0.2) is 0 Å². The topological polar surface area (TPSA) is 50.8 Å². The summed E-state index contributed by atoms with van der Waals surface area (Å²) in [7, 11) is 3.29. The van der Waals surface area contributed by atoms with Crippen LogP contribution in [0.15, 0.2) is 18.2 Å². The molecule has 0 aliphatic carbocycles. The lowest BCUT2D eigenvalue weighted by atomic mass is 10.0. The zero-order valence-corrected chi connectivity index (χ0v) is 13.9. The maximum absolute atomic E-state index is 12.5. The molecule has 1 amide bonds. The molecule has 1 aliphatic rings. The number of benzene rings is 1. The highest BCUT2D eigenvalue weighted by molar-refractivity contribution is 5.77. The Bertz CT molecular complexity index is 519. The molecule has 2 rings (SSSR count).